The maximum atomic E-state index is 11.5. The van der Waals surface area contributed by atoms with Gasteiger partial charge in [0.1, 0.15) is 0 Å². The van der Waals surface area contributed by atoms with Gasteiger partial charge in [-0.3, -0.25) is 0 Å². The van der Waals surface area contributed by atoms with Crippen molar-refractivity contribution in [2.24, 2.45) is 0 Å². The van der Waals surface area contributed by atoms with Crippen LogP contribution in [0.1, 0.15) is 30.1 Å². The lowest BCUT2D eigenvalue weighted by molar-refractivity contribution is 0.0511. The van der Waals surface area contributed by atoms with Crippen LogP contribution in [-0.2, 0) is 4.74 Å². The summed E-state index contributed by atoms with van der Waals surface area (Å²) in [6.07, 6.45) is 5.81. The molecule has 1 rings (SSSR count). The maximum absolute atomic E-state index is 11.5. The lowest BCUT2D eigenvalue weighted by Gasteiger charge is -2.03. The zero-order valence-electron chi connectivity index (χ0n) is 9.28. The second kappa shape index (κ2) is 7.07. The first kappa shape index (κ1) is 12.8. The molecule has 0 aliphatic heterocycles. The molecule has 0 saturated carbocycles. The summed E-state index contributed by atoms with van der Waals surface area (Å²) in [6, 6.07) is 6.75. The summed E-state index contributed by atoms with van der Waals surface area (Å²) in [5, 5.41) is 0.542. The van der Waals surface area contributed by atoms with E-state index in [-0.39, 0.29) is 5.97 Å². The van der Waals surface area contributed by atoms with E-state index < -0.39 is 0 Å². The number of carbonyl (C=O) groups is 1. The first-order valence-electron chi connectivity index (χ1n) is 5.31. The predicted molar refractivity (Wildman–Crippen MR) is 65.8 cm³/mol. The number of hydrogen-bond donors (Lipinski definition) is 0. The first-order chi connectivity index (χ1) is 7.74. The molecule has 2 nitrogen and oxygen atoms in total. The standard InChI is InChI=1S/C13H15ClO2/c1-2-3-4-5-9-16-13(15)11-7-6-8-12(14)10-11/h3-4,6-8,10H,2,5,9H2,1H3/b4-3+. The molecule has 0 aliphatic rings. The van der Waals surface area contributed by atoms with Crippen molar-refractivity contribution in [3.63, 3.8) is 0 Å². The smallest absolute Gasteiger partial charge is 0.338 e. The molecule has 0 amide bonds. The molecular formula is C13H15ClO2. The maximum Gasteiger partial charge on any atom is 0.338 e. The van der Waals surface area contributed by atoms with Gasteiger partial charge in [0.15, 0.2) is 0 Å². The number of benzene rings is 1. The molecule has 0 bridgehead atoms. The Morgan fingerprint density at radius 2 is 2.25 bits per heavy atom. The molecule has 0 saturated heterocycles. The van der Waals surface area contributed by atoms with Crippen molar-refractivity contribution in [1.82, 2.24) is 0 Å². The van der Waals surface area contributed by atoms with Gasteiger partial charge in [0.2, 0.25) is 0 Å². The van der Waals surface area contributed by atoms with E-state index in [0.29, 0.717) is 17.2 Å². The average molecular weight is 239 g/mol. The van der Waals surface area contributed by atoms with Crippen molar-refractivity contribution < 1.29 is 9.53 Å². The highest BCUT2D eigenvalue weighted by atomic mass is 35.5. The van der Waals surface area contributed by atoms with Gasteiger partial charge < -0.3 is 4.74 Å². The molecule has 0 N–H and O–H groups in total. The van der Waals surface area contributed by atoms with Crippen LogP contribution in [0.3, 0.4) is 0 Å². The lowest BCUT2D eigenvalue weighted by Crippen LogP contribution is -2.05. The Morgan fingerprint density at radius 1 is 1.44 bits per heavy atom. The molecule has 16 heavy (non-hydrogen) atoms. The zero-order chi connectivity index (χ0) is 11.8. The molecule has 1 aromatic rings. The first-order valence-corrected chi connectivity index (χ1v) is 5.69. The monoisotopic (exact) mass is 238 g/mol. The molecule has 3 heteroatoms. The lowest BCUT2D eigenvalue weighted by atomic mass is 10.2. The molecule has 0 aliphatic carbocycles. The van der Waals surface area contributed by atoms with Crippen molar-refractivity contribution in [3.8, 4) is 0 Å². The van der Waals surface area contributed by atoms with Gasteiger partial charge in [-0.05, 0) is 31.0 Å². The predicted octanol–water partition coefficient (Wildman–Crippen LogP) is 3.85. The third kappa shape index (κ3) is 4.49. The minimum absolute atomic E-state index is 0.326. The van der Waals surface area contributed by atoms with E-state index in [0.717, 1.165) is 12.8 Å². The summed E-state index contributed by atoms with van der Waals surface area (Å²) in [5.41, 5.74) is 0.493. The molecule has 0 atom stereocenters. The minimum atomic E-state index is -0.326. The number of halogens is 1. The van der Waals surface area contributed by atoms with Gasteiger partial charge in [-0.2, -0.15) is 0 Å². The van der Waals surface area contributed by atoms with Gasteiger partial charge in [-0.25, -0.2) is 4.79 Å². The van der Waals surface area contributed by atoms with Crippen molar-refractivity contribution in [1.29, 1.82) is 0 Å². The van der Waals surface area contributed by atoms with E-state index in [1.54, 1.807) is 24.3 Å². The van der Waals surface area contributed by atoms with Crippen LogP contribution in [0.5, 0.6) is 0 Å². The average Bonchev–Trinajstić information content (AvgIpc) is 2.28. The summed E-state index contributed by atoms with van der Waals surface area (Å²) in [4.78, 5) is 11.5. The molecule has 0 spiro atoms. The van der Waals surface area contributed by atoms with E-state index in [1.807, 2.05) is 12.2 Å². The van der Waals surface area contributed by atoms with Gasteiger partial charge in [0, 0.05) is 5.02 Å². The van der Waals surface area contributed by atoms with Gasteiger partial charge in [-0.1, -0.05) is 36.7 Å². The fraction of sp³-hybridized carbons (Fsp3) is 0.308. The Balaban J connectivity index is 2.38. The SMILES string of the molecule is CC/C=C/CCOC(=O)c1cccc(Cl)c1. The van der Waals surface area contributed by atoms with Gasteiger partial charge in [0.05, 0.1) is 12.2 Å². The molecular weight excluding hydrogens is 224 g/mol. The van der Waals surface area contributed by atoms with Crippen molar-refractivity contribution in [2.45, 2.75) is 19.8 Å². The quantitative estimate of drug-likeness (QED) is 0.442. The van der Waals surface area contributed by atoms with Gasteiger partial charge in [0.25, 0.3) is 0 Å². The number of ether oxygens (including phenoxy) is 1. The zero-order valence-corrected chi connectivity index (χ0v) is 10.0. The van der Waals surface area contributed by atoms with E-state index in [4.69, 9.17) is 16.3 Å². The van der Waals surface area contributed by atoms with Crippen LogP contribution in [-0.4, -0.2) is 12.6 Å². The van der Waals surface area contributed by atoms with Crippen molar-refractivity contribution >= 4 is 17.6 Å². The molecule has 0 unspecified atom stereocenters. The Bertz CT molecular complexity index is 372. The van der Waals surface area contributed by atoms with E-state index >= 15 is 0 Å². The summed E-state index contributed by atoms with van der Waals surface area (Å²) < 4.78 is 5.08. The number of hydrogen-bond acceptors (Lipinski definition) is 2. The molecule has 0 aromatic heterocycles. The summed E-state index contributed by atoms with van der Waals surface area (Å²) >= 11 is 5.77. The molecule has 86 valence electrons. The fourth-order valence-corrected chi connectivity index (χ4v) is 1.39. The van der Waals surface area contributed by atoms with E-state index in [9.17, 15) is 4.79 Å². The van der Waals surface area contributed by atoms with E-state index in [1.165, 1.54) is 0 Å². The van der Waals surface area contributed by atoms with Crippen LogP contribution in [0.25, 0.3) is 0 Å². The Kier molecular flexibility index (Phi) is 5.65. The van der Waals surface area contributed by atoms with Gasteiger partial charge >= 0.3 is 5.97 Å². The number of rotatable bonds is 5. The highest BCUT2D eigenvalue weighted by Gasteiger charge is 2.05. The van der Waals surface area contributed by atoms with Crippen LogP contribution in [0.4, 0.5) is 0 Å². The Hall–Kier alpha value is -1.28. The third-order valence-corrected chi connectivity index (χ3v) is 2.22. The summed E-state index contributed by atoms with van der Waals surface area (Å²) in [7, 11) is 0. The Morgan fingerprint density at radius 3 is 2.94 bits per heavy atom. The second-order valence-corrected chi connectivity index (χ2v) is 3.75. The van der Waals surface area contributed by atoms with Crippen LogP contribution in [0.2, 0.25) is 5.02 Å². The van der Waals surface area contributed by atoms with Crippen LogP contribution in [0.15, 0.2) is 36.4 Å². The van der Waals surface area contributed by atoms with Crippen molar-refractivity contribution in [2.75, 3.05) is 6.61 Å². The molecule has 0 fully saturated rings. The van der Waals surface area contributed by atoms with Crippen LogP contribution < -0.4 is 0 Å². The normalized spacial score (nSPS) is 10.6. The summed E-state index contributed by atoms with van der Waals surface area (Å²) in [5.74, 6) is -0.326. The number of esters is 1. The van der Waals surface area contributed by atoms with Gasteiger partial charge in [-0.15, -0.1) is 0 Å². The van der Waals surface area contributed by atoms with Crippen LogP contribution >= 0.6 is 11.6 Å². The third-order valence-electron chi connectivity index (χ3n) is 1.98. The van der Waals surface area contributed by atoms with E-state index in [2.05, 4.69) is 6.92 Å². The highest BCUT2D eigenvalue weighted by Crippen LogP contribution is 2.11. The highest BCUT2D eigenvalue weighted by molar-refractivity contribution is 6.30. The van der Waals surface area contributed by atoms with Crippen LogP contribution in [0, 0.1) is 0 Å². The fourth-order valence-electron chi connectivity index (χ4n) is 1.20. The molecule has 0 heterocycles. The molecule has 0 radical (unpaired) electrons. The number of carbonyl (C=O) groups excluding carboxylic acids is 1. The number of allylic oxidation sites excluding steroid dienone is 1. The topological polar surface area (TPSA) is 26.3 Å². The second-order valence-electron chi connectivity index (χ2n) is 3.31. The largest absolute Gasteiger partial charge is 0.462 e. The summed E-state index contributed by atoms with van der Waals surface area (Å²) in [6.45, 7) is 2.47. The Labute approximate surface area is 101 Å². The minimum Gasteiger partial charge on any atom is -0.462 e. The van der Waals surface area contributed by atoms with Crippen molar-refractivity contribution in [3.05, 3.63) is 47.0 Å². The molecule has 1 aromatic carbocycles.